The molecule has 1 saturated carbocycles. The molecule has 2 aliphatic rings. The van der Waals surface area contributed by atoms with Crippen molar-refractivity contribution in [2.45, 2.75) is 63.3 Å². The molecule has 232 valence electrons. The SMILES string of the molecule is N=C(N)c1ccc(CC(C(=O)NC(C(=O)NCC2CCN(C(=N)N)CC2)C2CCCCC2)c2ccc3ccccc3c2)cc1. The predicted octanol–water partition coefficient (Wildman–Crippen LogP) is 4.24. The van der Waals surface area contributed by atoms with Crippen LogP contribution in [0.4, 0.5) is 0 Å². The Kier molecular flexibility index (Phi) is 10.1. The van der Waals surface area contributed by atoms with Gasteiger partial charge in [-0.2, -0.15) is 0 Å². The standard InChI is InChI=1S/C35H45N7O2/c36-32(37)27-12-10-23(11-13-27)20-30(29-15-14-25-6-4-5-9-28(25)21-29)33(43)41-31(26-7-2-1-3-8-26)34(44)40-22-24-16-18-42(19-17-24)35(38)39/h4-6,9-15,21,24,26,30-31H,1-3,7-8,16-20,22H2,(H3,36,37)(H3,38,39)(H,40,44)(H,41,43). The molecule has 3 aromatic carbocycles. The lowest BCUT2D eigenvalue weighted by atomic mass is 9.82. The maximum Gasteiger partial charge on any atom is 0.242 e. The second kappa shape index (κ2) is 14.4. The fraction of sp³-hybridized carbons (Fsp3) is 0.429. The lowest BCUT2D eigenvalue weighted by molar-refractivity contribution is -0.131. The number of guanidine groups is 1. The number of hydrogen-bond donors (Lipinski definition) is 6. The van der Waals surface area contributed by atoms with Crippen molar-refractivity contribution < 1.29 is 9.59 Å². The largest absolute Gasteiger partial charge is 0.384 e. The van der Waals surface area contributed by atoms with Crippen LogP contribution < -0.4 is 22.1 Å². The molecule has 2 fully saturated rings. The van der Waals surface area contributed by atoms with Crippen LogP contribution in [0, 0.1) is 22.7 Å². The Morgan fingerprint density at radius 1 is 0.841 bits per heavy atom. The van der Waals surface area contributed by atoms with E-state index in [9.17, 15) is 9.59 Å². The number of piperidine rings is 1. The van der Waals surface area contributed by atoms with Gasteiger partial charge in [0.25, 0.3) is 0 Å². The first-order valence-corrected chi connectivity index (χ1v) is 15.9. The number of benzene rings is 3. The number of hydrogen-bond acceptors (Lipinski definition) is 4. The lowest BCUT2D eigenvalue weighted by Gasteiger charge is -2.34. The first-order valence-electron chi connectivity index (χ1n) is 15.9. The van der Waals surface area contributed by atoms with E-state index in [0.717, 1.165) is 79.9 Å². The number of nitrogen functional groups attached to an aromatic ring is 1. The summed E-state index contributed by atoms with van der Waals surface area (Å²) in [6.45, 7) is 2.00. The number of fused-ring (bicyclic) bond motifs is 1. The maximum absolute atomic E-state index is 14.2. The van der Waals surface area contributed by atoms with Crippen molar-refractivity contribution >= 4 is 34.4 Å². The Morgan fingerprint density at radius 3 is 2.18 bits per heavy atom. The average Bonchev–Trinajstić information content (AvgIpc) is 3.05. The molecule has 1 saturated heterocycles. The second-order valence-electron chi connectivity index (χ2n) is 12.4. The summed E-state index contributed by atoms with van der Waals surface area (Å²) in [5.41, 5.74) is 13.8. The second-order valence-corrected chi connectivity index (χ2v) is 12.4. The van der Waals surface area contributed by atoms with Crippen LogP contribution in [0.2, 0.25) is 0 Å². The van der Waals surface area contributed by atoms with E-state index in [-0.39, 0.29) is 29.5 Å². The van der Waals surface area contributed by atoms with Gasteiger partial charge in [0.1, 0.15) is 11.9 Å². The number of likely N-dealkylation sites (tertiary alicyclic amines) is 1. The summed E-state index contributed by atoms with van der Waals surface area (Å²) in [5, 5.41) is 24.0. The summed E-state index contributed by atoms with van der Waals surface area (Å²) in [4.78, 5) is 29.9. The van der Waals surface area contributed by atoms with Crippen molar-refractivity contribution in [3.8, 4) is 0 Å². The van der Waals surface area contributed by atoms with Crippen LogP contribution in [0.3, 0.4) is 0 Å². The van der Waals surface area contributed by atoms with Gasteiger partial charge in [-0.05, 0) is 65.8 Å². The highest BCUT2D eigenvalue weighted by Crippen LogP contribution is 2.30. The van der Waals surface area contributed by atoms with Gasteiger partial charge in [-0.25, -0.2) is 0 Å². The topological polar surface area (TPSA) is 161 Å². The van der Waals surface area contributed by atoms with Gasteiger partial charge in [0, 0.05) is 25.2 Å². The molecule has 5 rings (SSSR count). The Hall–Kier alpha value is -4.40. The monoisotopic (exact) mass is 595 g/mol. The predicted molar refractivity (Wildman–Crippen MR) is 176 cm³/mol. The van der Waals surface area contributed by atoms with Gasteiger partial charge in [0.05, 0.1) is 5.92 Å². The van der Waals surface area contributed by atoms with Crippen LogP contribution in [-0.4, -0.2) is 54.2 Å². The van der Waals surface area contributed by atoms with Crippen LogP contribution in [0.15, 0.2) is 66.7 Å². The van der Waals surface area contributed by atoms with Gasteiger partial charge in [-0.1, -0.05) is 86.0 Å². The van der Waals surface area contributed by atoms with Crippen LogP contribution >= 0.6 is 0 Å². The number of carbonyl (C=O) groups is 2. The Bertz CT molecular complexity index is 1470. The van der Waals surface area contributed by atoms with E-state index in [0.29, 0.717) is 24.4 Å². The van der Waals surface area contributed by atoms with Crippen LogP contribution in [0.5, 0.6) is 0 Å². The molecule has 0 aromatic heterocycles. The zero-order chi connectivity index (χ0) is 31.1. The molecule has 0 spiro atoms. The summed E-state index contributed by atoms with van der Waals surface area (Å²) in [6, 6.07) is 21.1. The summed E-state index contributed by atoms with van der Waals surface area (Å²) in [7, 11) is 0. The normalized spacial score (nSPS) is 17.5. The molecule has 9 heteroatoms. The van der Waals surface area contributed by atoms with Crippen LogP contribution in [0.25, 0.3) is 10.8 Å². The van der Waals surface area contributed by atoms with Gasteiger partial charge >= 0.3 is 0 Å². The van der Waals surface area contributed by atoms with Gasteiger partial charge < -0.3 is 27.0 Å². The molecule has 1 aliphatic carbocycles. The minimum absolute atomic E-state index is 0.00566. The first-order chi connectivity index (χ1) is 21.3. The molecular formula is C35H45N7O2. The van der Waals surface area contributed by atoms with E-state index in [1.807, 2.05) is 53.4 Å². The third kappa shape index (κ3) is 7.75. The van der Waals surface area contributed by atoms with Crippen LogP contribution in [-0.2, 0) is 16.0 Å². The molecule has 8 N–H and O–H groups in total. The highest BCUT2D eigenvalue weighted by atomic mass is 16.2. The van der Waals surface area contributed by atoms with Gasteiger partial charge in [-0.3, -0.25) is 20.4 Å². The smallest absolute Gasteiger partial charge is 0.242 e. The lowest BCUT2D eigenvalue weighted by Crippen LogP contribution is -2.53. The third-order valence-electron chi connectivity index (χ3n) is 9.42. The Balaban J connectivity index is 1.35. The number of amides is 2. The first kappa shape index (κ1) is 31.0. The molecule has 1 heterocycles. The third-order valence-corrected chi connectivity index (χ3v) is 9.42. The van der Waals surface area contributed by atoms with E-state index in [1.165, 1.54) is 0 Å². The molecule has 0 bridgehead atoms. The number of nitrogens with one attached hydrogen (secondary N) is 4. The average molecular weight is 596 g/mol. The minimum Gasteiger partial charge on any atom is -0.384 e. The van der Waals surface area contributed by atoms with Gasteiger partial charge in [0.2, 0.25) is 11.8 Å². The van der Waals surface area contributed by atoms with E-state index in [4.69, 9.17) is 22.3 Å². The quantitative estimate of drug-likeness (QED) is 0.152. The number of amidine groups is 1. The van der Waals surface area contributed by atoms with Crippen molar-refractivity contribution in [2.24, 2.45) is 23.3 Å². The van der Waals surface area contributed by atoms with Gasteiger partial charge in [0.15, 0.2) is 5.96 Å². The van der Waals surface area contributed by atoms with Crippen molar-refractivity contribution in [1.29, 1.82) is 10.8 Å². The zero-order valence-corrected chi connectivity index (χ0v) is 25.4. The number of rotatable bonds is 10. The van der Waals surface area contributed by atoms with Crippen molar-refractivity contribution in [1.82, 2.24) is 15.5 Å². The van der Waals surface area contributed by atoms with Gasteiger partial charge in [-0.15, -0.1) is 0 Å². The fourth-order valence-corrected chi connectivity index (χ4v) is 6.69. The summed E-state index contributed by atoms with van der Waals surface area (Å²) in [5.74, 6) is -0.245. The highest BCUT2D eigenvalue weighted by Gasteiger charge is 2.34. The van der Waals surface area contributed by atoms with E-state index in [2.05, 4.69) is 28.8 Å². The summed E-state index contributed by atoms with van der Waals surface area (Å²) in [6.07, 6.45) is 7.30. The van der Waals surface area contributed by atoms with E-state index < -0.39 is 12.0 Å². The van der Waals surface area contributed by atoms with Crippen molar-refractivity contribution in [3.63, 3.8) is 0 Å². The van der Waals surface area contributed by atoms with Crippen LogP contribution in [0.1, 0.15) is 67.6 Å². The Labute approximate surface area is 259 Å². The number of carbonyl (C=O) groups excluding carboxylic acids is 2. The summed E-state index contributed by atoms with van der Waals surface area (Å²) < 4.78 is 0. The molecule has 44 heavy (non-hydrogen) atoms. The van der Waals surface area contributed by atoms with E-state index in [1.54, 1.807) is 0 Å². The molecule has 0 radical (unpaired) electrons. The molecule has 2 atom stereocenters. The molecule has 2 amide bonds. The molecule has 9 nitrogen and oxygen atoms in total. The van der Waals surface area contributed by atoms with Crippen molar-refractivity contribution in [2.75, 3.05) is 19.6 Å². The molecule has 1 aliphatic heterocycles. The minimum atomic E-state index is -0.594. The maximum atomic E-state index is 14.2. The number of nitrogens with two attached hydrogens (primary N) is 2. The Morgan fingerprint density at radius 2 is 1.52 bits per heavy atom. The molecule has 3 aromatic rings. The molecule has 2 unspecified atom stereocenters. The zero-order valence-electron chi connectivity index (χ0n) is 25.4. The molecular weight excluding hydrogens is 550 g/mol. The van der Waals surface area contributed by atoms with E-state index >= 15 is 0 Å². The summed E-state index contributed by atoms with van der Waals surface area (Å²) >= 11 is 0. The number of nitrogens with zero attached hydrogens (tertiary/aromatic N) is 1. The fourth-order valence-electron chi connectivity index (χ4n) is 6.69. The van der Waals surface area contributed by atoms with Crippen molar-refractivity contribution in [3.05, 3.63) is 83.4 Å². The highest BCUT2D eigenvalue weighted by molar-refractivity contribution is 5.95.